The van der Waals surface area contributed by atoms with Crippen molar-refractivity contribution in [3.63, 3.8) is 0 Å². The van der Waals surface area contributed by atoms with Crippen LogP contribution in [0, 0.1) is 11.8 Å². The average molecular weight is 371 g/mol. The number of likely N-dealkylation sites (tertiary alicyclic amines) is 2. The highest BCUT2D eigenvalue weighted by Gasteiger charge is 2.47. The van der Waals surface area contributed by atoms with Gasteiger partial charge in [-0.1, -0.05) is 31.0 Å². The van der Waals surface area contributed by atoms with Gasteiger partial charge >= 0.3 is 0 Å². The lowest BCUT2D eigenvalue weighted by Crippen LogP contribution is -2.68. The van der Waals surface area contributed by atoms with Crippen molar-refractivity contribution in [2.24, 2.45) is 11.8 Å². The lowest BCUT2D eigenvalue weighted by atomic mass is 9.79. The zero-order valence-electron chi connectivity index (χ0n) is 16.8. The minimum absolute atomic E-state index is 0.275. The van der Waals surface area contributed by atoms with Crippen molar-refractivity contribution in [2.45, 2.75) is 70.6 Å². The van der Waals surface area contributed by atoms with E-state index in [9.17, 15) is 4.79 Å². The van der Waals surface area contributed by atoms with Gasteiger partial charge in [0.1, 0.15) is 11.9 Å². The normalized spacial score (nSPS) is 27.7. The van der Waals surface area contributed by atoms with Crippen molar-refractivity contribution in [1.82, 2.24) is 9.80 Å². The molecule has 148 valence electrons. The van der Waals surface area contributed by atoms with E-state index < -0.39 is 0 Å². The van der Waals surface area contributed by atoms with E-state index in [1.54, 1.807) is 0 Å². The molecule has 2 unspecified atom stereocenters. The van der Waals surface area contributed by atoms with Crippen LogP contribution in [0.1, 0.15) is 52.4 Å². The van der Waals surface area contributed by atoms with Crippen LogP contribution in [-0.4, -0.2) is 53.5 Å². The summed E-state index contributed by atoms with van der Waals surface area (Å²) < 4.78 is 6.33. The smallest absolute Gasteiger partial charge is 0.225 e. The van der Waals surface area contributed by atoms with Crippen molar-refractivity contribution in [1.29, 1.82) is 0 Å². The van der Waals surface area contributed by atoms with Crippen LogP contribution in [0.4, 0.5) is 0 Å². The molecule has 3 fully saturated rings. The molecule has 2 aliphatic heterocycles. The third-order valence-corrected chi connectivity index (χ3v) is 6.89. The van der Waals surface area contributed by atoms with Gasteiger partial charge in [-0.05, 0) is 57.6 Å². The van der Waals surface area contributed by atoms with Gasteiger partial charge in [0.2, 0.25) is 5.91 Å². The summed E-state index contributed by atoms with van der Waals surface area (Å²) in [6.07, 6.45) is 7.18. The Labute approximate surface area is 163 Å². The monoisotopic (exact) mass is 370 g/mol. The van der Waals surface area contributed by atoms with Gasteiger partial charge in [-0.25, -0.2) is 0 Å². The molecule has 1 saturated carbocycles. The lowest BCUT2D eigenvalue weighted by molar-refractivity contribution is -0.139. The topological polar surface area (TPSA) is 32.8 Å². The second-order valence-corrected chi connectivity index (χ2v) is 8.89. The second kappa shape index (κ2) is 8.22. The molecule has 0 bridgehead atoms. The van der Waals surface area contributed by atoms with Gasteiger partial charge in [0, 0.05) is 31.6 Å². The number of carbonyl (C=O) groups is 1. The minimum Gasteiger partial charge on any atom is -0.487 e. The molecule has 0 N–H and O–H groups in total. The number of ether oxygens (including phenoxy) is 1. The van der Waals surface area contributed by atoms with Crippen molar-refractivity contribution in [3.8, 4) is 5.75 Å². The molecule has 4 heteroatoms. The van der Waals surface area contributed by atoms with E-state index in [4.69, 9.17) is 4.74 Å². The predicted octanol–water partition coefficient (Wildman–Crippen LogP) is 3.96. The first-order valence-electron chi connectivity index (χ1n) is 10.9. The Bertz CT molecular complexity index is 619. The summed E-state index contributed by atoms with van der Waals surface area (Å²) in [4.78, 5) is 17.5. The Kier molecular flexibility index (Phi) is 5.72. The number of hydrogen-bond donors (Lipinski definition) is 0. The lowest BCUT2D eigenvalue weighted by Gasteiger charge is -2.54. The first kappa shape index (κ1) is 18.8. The van der Waals surface area contributed by atoms with Crippen LogP contribution in [0.15, 0.2) is 30.3 Å². The van der Waals surface area contributed by atoms with Gasteiger partial charge in [0.05, 0.1) is 6.04 Å². The van der Waals surface area contributed by atoms with Gasteiger partial charge in [-0.2, -0.15) is 0 Å². The maximum absolute atomic E-state index is 12.7. The Morgan fingerprint density at radius 3 is 2.33 bits per heavy atom. The zero-order chi connectivity index (χ0) is 18.8. The number of amides is 1. The van der Waals surface area contributed by atoms with E-state index in [0.29, 0.717) is 29.8 Å². The molecule has 27 heavy (non-hydrogen) atoms. The van der Waals surface area contributed by atoms with Gasteiger partial charge in [-0.3, -0.25) is 9.69 Å². The van der Waals surface area contributed by atoms with E-state index in [1.807, 2.05) is 18.2 Å². The maximum atomic E-state index is 12.7. The fourth-order valence-corrected chi connectivity index (χ4v) is 5.32. The molecular weight excluding hydrogens is 336 g/mol. The Hall–Kier alpha value is -1.55. The number of hydrogen-bond acceptors (Lipinski definition) is 3. The number of nitrogens with zero attached hydrogens (tertiary/aromatic N) is 2. The van der Waals surface area contributed by atoms with Crippen LogP contribution in [0.25, 0.3) is 0 Å². The van der Waals surface area contributed by atoms with Gasteiger partial charge in [0.15, 0.2) is 0 Å². The molecule has 1 aliphatic carbocycles. The molecule has 1 amide bonds. The summed E-state index contributed by atoms with van der Waals surface area (Å²) in [7, 11) is 0. The summed E-state index contributed by atoms with van der Waals surface area (Å²) in [5.74, 6) is 2.34. The predicted molar refractivity (Wildman–Crippen MR) is 108 cm³/mol. The summed E-state index contributed by atoms with van der Waals surface area (Å²) in [6.45, 7) is 7.44. The highest BCUT2D eigenvalue weighted by molar-refractivity contribution is 5.79. The molecular formula is C23H34N2O2. The fourth-order valence-electron chi connectivity index (χ4n) is 5.32. The molecule has 3 aliphatic rings. The third kappa shape index (κ3) is 4.01. The Balaban J connectivity index is 1.36. The average Bonchev–Trinajstić information content (AvgIpc) is 3.20. The van der Waals surface area contributed by atoms with Crippen molar-refractivity contribution < 1.29 is 9.53 Å². The number of carbonyl (C=O) groups excluding carboxylic acids is 1. The Morgan fingerprint density at radius 1 is 1.04 bits per heavy atom. The summed E-state index contributed by atoms with van der Waals surface area (Å²) in [6, 6.07) is 11.2. The highest BCUT2D eigenvalue weighted by atomic mass is 16.5. The molecule has 1 aromatic carbocycles. The van der Waals surface area contributed by atoms with Crippen LogP contribution in [-0.2, 0) is 4.79 Å². The largest absolute Gasteiger partial charge is 0.487 e. The first-order chi connectivity index (χ1) is 13.1. The molecule has 2 atom stereocenters. The van der Waals surface area contributed by atoms with Crippen LogP contribution >= 0.6 is 0 Å². The number of rotatable bonds is 5. The van der Waals surface area contributed by atoms with E-state index in [0.717, 1.165) is 51.1 Å². The SMILES string of the molecule is CC(C)N1CC(Oc2ccccc2)C1C1CCN(C(=O)C2CCCC2)CC1. The van der Waals surface area contributed by atoms with E-state index in [2.05, 4.69) is 35.8 Å². The number of piperidine rings is 1. The van der Waals surface area contributed by atoms with E-state index in [1.165, 1.54) is 12.8 Å². The summed E-state index contributed by atoms with van der Waals surface area (Å²) >= 11 is 0. The zero-order valence-corrected chi connectivity index (χ0v) is 16.8. The van der Waals surface area contributed by atoms with E-state index in [-0.39, 0.29) is 6.10 Å². The van der Waals surface area contributed by atoms with Gasteiger partial charge in [0.25, 0.3) is 0 Å². The fraction of sp³-hybridized carbons (Fsp3) is 0.696. The van der Waals surface area contributed by atoms with Gasteiger partial charge < -0.3 is 9.64 Å². The molecule has 2 heterocycles. The molecule has 0 spiro atoms. The van der Waals surface area contributed by atoms with Crippen LogP contribution in [0.5, 0.6) is 5.75 Å². The van der Waals surface area contributed by atoms with Crippen LogP contribution in [0.2, 0.25) is 0 Å². The molecule has 0 aromatic heterocycles. The van der Waals surface area contributed by atoms with Crippen molar-refractivity contribution >= 4 is 5.91 Å². The van der Waals surface area contributed by atoms with E-state index >= 15 is 0 Å². The van der Waals surface area contributed by atoms with Crippen molar-refractivity contribution in [2.75, 3.05) is 19.6 Å². The summed E-state index contributed by atoms with van der Waals surface area (Å²) in [5, 5.41) is 0. The van der Waals surface area contributed by atoms with Crippen LogP contribution in [0.3, 0.4) is 0 Å². The number of para-hydroxylation sites is 1. The third-order valence-electron chi connectivity index (χ3n) is 6.89. The minimum atomic E-state index is 0.275. The quantitative estimate of drug-likeness (QED) is 0.787. The van der Waals surface area contributed by atoms with Gasteiger partial charge in [-0.15, -0.1) is 0 Å². The molecule has 4 nitrogen and oxygen atoms in total. The number of benzene rings is 1. The van der Waals surface area contributed by atoms with Crippen molar-refractivity contribution in [3.05, 3.63) is 30.3 Å². The molecule has 0 radical (unpaired) electrons. The maximum Gasteiger partial charge on any atom is 0.225 e. The second-order valence-electron chi connectivity index (χ2n) is 8.89. The molecule has 4 rings (SSSR count). The Morgan fingerprint density at radius 2 is 1.70 bits per heavy atom. The molecule has 1 aromatic rings. The first-order valence-corrected chi connectivity index (χ1v) is 10.9. The molecule has 2 saturated heterocycles. The summed E-state index contributed by atoms with van der Waals surface area (Å²) in [5.41, 5.74) is 0. The highest BCUT2D eigenvalue weighted by Crippen LogP contribution is 2.37. The van der Waals surface area contributed by atoms with Crippen LogP contribution < -0.4 is 4.74 Å². The standard InChI is InChI=1S/C23H34N2O2/c1-17(2)25-16-21(27-20-10-4-3-5-11-20)22(25)18-12-14-24(15-13-18)23(26)19-8-6-7-9-19/h3-5,10-11,17-19,21-22H,6-9,12-16H2,1-2H3.